The summed E-state index contributed by atoms with van der Waals surface area (Å²) in [6.07, 6.45) is 1.25. The Morgan fingerprint density at radius 2 is 1.76 bits per heavy atom. The van der Waals surface area contributed by atoms with E-state index < -0.39 is 36.2 Å². The number of urea groups is 1. The highest BCUT2D eigenvalue weighted by Gasteiger charge is 2.37. The van der Waals surface area contributed by atoms with Crippen LogP contribution in [-0.4, -0.2) is 30.4 Å². The lowest BCUT2D eigenvalue weighted by atomic mass is 10.0. The normalized spacial score (nSPS) is 14.5. The second-order valence-corrected chi connectivity index (χ2v) is 8.69. The molecule has 1 aliphatic rings. The Labute approximate surface area is 216 Å². The molecule has 1 heterocycles. The number of aryl methyl sites for hydroxylation is 2. The van der Waals surface area contributed by atoms with E-state index in [0.29, 0.717) is 16.4 Å². The molecule has 1 saturated heterocycles. The van der Waals surface area contributed by atoms with Gasteiger partial charge in [0.2, 0.25) is 0 Å². The van der Waals surface area contributed by atoms with Gasteiger partial charge >= 0.3 is 6.03 Å². The van der Waals surface area contributed by atoms with Crippen molar-refractivity contribution in [1.29, 1.82) is 0 Å². The summed E-state index contributed by atoms with van der Waals surface area (Å²) in [6, 6.07) is 13.9. The molecule has 0 bridgehead atoms. The van der Waals surface area contributed by atoms with Crippen molar-refractivity contribution in [3.63, 3.8) is 0 Å². The molecule has 10 heteroatoms. The van der Waals surface area contributed by atoms with E-state index >= 15 is 0 Å². The van der Waals surface area contributed by atoms with Gasteiger partial charge in [-0.1, -0.05) is 17.7 Å². The van der Waals surface area contributed by atoms with Crippen LogP contribution in [0.3, 0.4) is 0 Å². The summed E-state index contributed by atoms with van der Waals surface area (Å²) in [4.78, 5) is 51.5. The van der Waals surface area contributed by atoms with Gasteiger partial charge in [-0.25, -0.2) is 14.1 Å². The number of carbonyl (C=O) groups is 4. The minimum Gasteiger partial charge on any atom is -0.483 e. The molecule has 4 rings (SSSR count). The fourth-order valence-corrected chi connectivity index (χ4v) is 3.73. The number of hydrogen-bond donors (Lipinski definition) is 2. The standard InChI is InChI=1S/C27H21ClFN3O5/c1-15-3-9-21(11-16(15)2)32-26(35)22(25(34)31-27(32)36)13-17-12-18(28)4-10-23(17)37-14-24(33)30-20-7-5-19(29)6-8-20/h3-13H,14H2,1-2H3,(H,30,33)(H,31,34,36)/b22-13-. The maximum atomic E-state index is 13.2. The van der Waals surface area contributed by atoms with Crippen molar-refractivity contribution >= 4 is 52.8 Å². The van der Waals surface area contributed by atoms with Crippen LogP contribution in [0.5, 0.6) is 5.75 Å². The van der Waals surface area contributed by atoms with Gasteiger partial charge in [0.1, 0.15) is 17.1 Å². The van der Waals surface area contributed by atoms with Gasteiger partial charge in [0.15, 0.2) is 6.61 Å². The monoisotopic (exact) mass is 521 g/mol. The number of benzene rings is 3. The third-order valence-corrected chi connectivity index (χ3v) is 5.84. The fourth-order valence-electron chi connectivity index (χ4n) is 3.55. The lowest BCUT2D eigenvalue weighted by Gasteiger charge is -2.27. The van der Waals surface area contributed by atoms with Gasteiger partial charge in [0.25, 0.3) is 17.7 Å². The Morgan fingerprint density at radius 3 is 2.46 bits per heavy atom. The lowest BCUT2D eigenvalue weighted by molar-refractivity contribution is -0.122. The van der Waals surface area contributed by atoms with Gasteiger partial charge in [-0.15, -0.1) is 0 Å². The Balaban J connectivity index is 1.58. The number of anilines is 2. The first-order chi connectivity index (χ1) is 17.6. The summed E-state index contributed by atoms with van der Waals surface area (Å²) in [7, 11) is 0. The van der Waals surface area contributed by atoms with E-state index in [4.69, 9.17) is 16.3 Å². The predicted molar refractivity (Wildman–Crippen MR) is 137 cm³/mol. The molecule has 1 aliphatic heterocycles. The van der Waals surface area contributed by atoms with E-state index in [-0.39, 0.29) is 16.9 Å². The number of halogens is 2. The molecule has 0 spiro atoms. The molecular formula is C27H21ClFN3O5. The summed E-state index contributed by atoms with van der Waals surface area (Å²) >= 11 is 6.13. The number of rotatable bonds is 6. The Bertz CT molecular complexity index is 1450. The van der Waals surface area contributed by atoms with E-state index in [1.807, 2.05) is 13.8 Å². The summed E-state index contributed by atoms with van der Waals surface area (Å²) in [5.41, 5.74) is 2.46. The Morgan fingerprint density at radius 1 is 1.03 bits per heavy atom. The predicted octanol–water partition coefficient (Wildman–Crippen LogP) is 4.78. The van der Waals surface area contributed by atoms with Crippen LogP contribution < -0.4 is 20.3 Å². The first-order valence-corrected chi connectivity index (χ1v) is 11.5. The van der Waals surface area contributed by atoms with Crippen LogP contribution >= 0.6 is 11.6 Å². The number of carbonyl (C=O) groups excluding carboxylic acids is 4. The minimum absolute atomic E-state index is 0.168. The molecular weight excluding hydrogens is 501 g/mol. The zero-order valence-corrected chi connectivity index (χ0v) is 20.6. The number of ether oxygens (including phenoxy) is 1. The highest BCUT2D eigenvalue weighted by atomic mass is 35.5. The third kappa shape index (κ3) is 5.84. The van der Waals surface area contributed by atoms with E-state index in [0.717, 1.165) is 16.0 Å². The van der Waals surface area contributed by atoms with E-state index in [2.05, 4.69) is 10.6 Å². The molecule has 0 unspecified atom stereocenters. The molecule has 8 nitrogen and oxygen atoms in total. The van der Waals surface area contributed by atoms with Crippen molar-refractivity contribution in [2.24, 2.45) is 0 Å². The first kappa shape index (κ1) is 25.6. The van der Waals surface area contributed by atoms with E-state index in [9.17, 15) is 23.6 Å². The number of hydrogen-bond acceptors (Lipinski definition) is 5. The number of nitrogens with one attached hydrogen (secondary N) is 2. The molecule has 0 aliphatic carbocycles. The van der Waals surface area contributed by atoms with Crippen LogP contribution in [0.1, 0.15) is 16.7 Å². The van der Waals surface area contributed by atoms with Crippen molar-refractivity contribution in [1.82, 2.24) is 5.32 Å². The maximum Gasteiger partial charge on any atom is 0.335 e. The van der Waals surface area contributed by atoms with Gasteiger partial charge in [0.05, 0.1) is 5.69 Å². The second-order valence-electron chi connectivity index (χ2n) is 8.25. The lowest BCUT2D eigenvalue weighted by Crippen LogP contribution is -2.54. The van der Waals surface area contributed by atoms with Crippen LogP contribution in [-0.2, 0) is 14.4 Å². The minimum atomic E-state index is -0.880. The molecule has 0 saturated carbocycles. The molecule has 3 aromatic carbocycles. The number of barbiturate groups is 1. The maximum absolute atomic E-state index is 13.2. The van der Waals surface area contributed by atoms with Crippen molar-refractivity contribution in [3.8, 4) is 5.75 Å². The largest absolute Gasteiger partial charge is 0.483 e. The van der Waals surface area contributed by atoms with E-state index in [1.165, 1.54) is 48.5 Å². The number of imide groups is 2. The Hall–Kier alpha value is -4.50. The van der Waals surface area contributed by atoms with Crippen LogP contribution in [0.4, 0.5) is 20.6 Å². The van der Waals surface area contributed by atoms with Gasteiger partial charge in [-0.3, -0.25) is 19.7 Å². The van der Waals surface area contributed by atoms with Crippen LogP contribution in [0, 0.1) is 19.7 Å². The summed E-state index contributed by atoms with van der Waals surface area (Å²) in [5.74, 6) is -2.49. The number of nitrogens with zero attached hydrogens (tertiary/aromatic N) is 1. The van der Waals surface area contributed by atoms with Crippen LogP contribution in [0.2, 0.25) is 5.02 Å². The van der Waals surface area contributed by atoms with Gasteiger partial charge in [-0.2, -0.15) is 0 Å². The second kappa shape index (κ2) is 10.6. The molecule has 5 amide bonds. The summed E-state index contributed by atoms with van der Waals surface area (Å²) in [6.45, 7) is 3.32. The average Bonchev–Trinajstić information content (AvgIpc) is 2.84. The molecule has 0 aromatic heterocycles. The van der Waals surface area contributed by atoms with Gasteiger partial charge in [0, 0.05) is 16.3 Å². The van der Waals surface area contributed by atoms with Gasteiger partial charge in [-0.05, 0) is 85.6 Å². The van der Waals surface area contributed by atoms with Crippen molar-refractivity contribution in [3.05, 3.63) is 93.8 Å². The SMILES string of the molecule is Cc1ccc(N2C(=O)NC(=O)/C(=C/c3cc(Cl)ccc3OCC(=O)Nc3ccc(F)cc3)C2=O)cc1C. The van der Waals surface area contributed by atoms with Crippen molar-refractivity contribution in [2.75, 3.05) is 16.8 Å². The Kier molecular flexibility index (Phi) is 7.35. The molecule has 0 radical (unpaired) electrons. The van der Waals surface area contributed by atoms with E-state index in [1.54, 1.807) is 18.2 Å². The average molecular weight is 522 g/mol. The fraction of sp³-hybridized carbons (Fsp3) is 0.111. The molecule has 37 heavy (non-hydrogen) atoms. The number of amides is 5. The quantitative estimate of drug-likeness (QED) is 0.359. The van der Waals surface area contributed by atoms with Crippen molar-refractivity contribution < 1.29 is 28.3 Å². The smallest absolute Gasteiger partial charge is 0.335 e. The summed E-state index contributed by atoms with van der Waals surface area (Å²) < 4.78 is 18.7. The summed E-state index contributed by atoms with van der Waals surface area (Å²) in [5, 5.41) is 5.03. The van der Waals surface area contributed by atoms with Crippen LogP contribution in [0.15, 0.2) is 66.2 Å². The molecule has 2 N–H and O–H groups in total. The topological polar surface area (TPSA) is 105 Å². The third-order valence-electron chi connectivity index (χ3n) is 5.61. The molecule has 188 valence electrons. The van der Waals surface area contributed by atoms with Gasteiger partial charge < -0.3 is 10.1 Å². The van der Waals surface area contributed by atoms with Crippen LogP contribution in [0.25, 0.3) is 6.08 Å². The molecule has 0 atom stereocenters. The first-order valence-electron chi connectivity index (χ1n) is 11.1. The molecule has 3 aromatic rings. The highest BCUT2D eigenvalue weighted by molar-refractivity contribution is 6.39. The zero-order chi connectivity index (χ0) is 26.7. The van der Waals surface area contributed by atoms with Crippen molar-refractivity contribution in [2.45, 2.75) is 13.8 Å². The zero-order valence-electron chi connectivity index (χ0n) is 19.8. The molecule has 1 fully saturated rings. The highest BCUT2D eigenvalue weighted by Crippen LogP contribution is 2.28.